The Balaban J connectivity index is 2.19. The Labute approximate surface area is 121 Å². The summed E-state index contributed by atoms with van der Waals surface area (Å²) in [6, 6.07) is 6.21. The van der Waals surface area contributed by atoms with Gasteiger partial charge in [-0.3, -0.25) is 4.90 Å². The molecular weight excluding hydrogens is 252 g/mol. The minimum Gasteiger partial charge on any atom is -0.486 e. The number of hydrogen-bond acceptors (Lipinski definition) is 4. The zero-order chi connectivity index (χ0) is 14.6. The van der Waals surface area contributed by atoms with Crippen molar-refractivity contribution in [1.82, 2.24) is 4.90 Å². The first-order valence-electron chi connectivity index (χ1n) is 7.46. The monoisotopic (exact) mass is 278 g/mol. The fourth-order valence-corrected chi connectivity index (χ4v) is 2.94. The van der Waals surface area contributed by atoms with Gasteiger partial charge >= 0.3 is 0 Å². The van der Waals surface area contributed by atoms with E-state index in [0.717, 1.165) is 31.0 Å². The topological polar surface area (TPSA) is 47.7 Å². The second kappa shape index (κ2) is 6.46. The van der Waals surface area contributed by atoms with E-state index in [9.17, 15) is 0 Å². The molecule has 1 aliphatic heterocycles. The standard InChI is InChI=1S/C16H26N2O2/c1-4-18(5-2)16(3,12-17)11-13-6-7-14-15(10-13)20-9-8-19-14/h6-7,10H,4-5,8-9,11-12,17H2,1-3H3. The molecule has 1 heterocycles. The number of nitrogens with zero attached hydrogens (tertiary/aromatic N) is 1. The van der Waals surface area contributed by atoms with Gasteiger partial charge in [0.25, 0.3) is 0 Å². The molecule has 0 amide bonds. The van der Waals surface area contributed by atoms with Gasteiger partial charge in [0.2, 0.25) is 0 Å². The van der Waals surface area contributed by atoms with E-state index in [0.29, 0.717) is 19.8 Å². The molecule has 0 saturated heterocycles. The molecule has 2 N–H and O–H groups in total. The summed E-state index contributed by atoms with van der Waals surface area (Å²) < 4.78 is 11.2. The first kappa shape index (κ1) is 15.1. The number of rotatable bonds is 6. The van der Waals surface area contributed by atoms with Gasteiger partial charge in [-0.2, -0.15) is 0 Å². The number of nitrogens with two attached hydrogens (primary N) is 1. The summed E-state index contributed by atoms with van der Waals surface area (Å²) in [5, 5.41) is 0. The highest BCUT2D eigenvalue weighted by molar-refractivity contribution is 5.44. The minimum atomic E-state index is -0.0206. The Morgan fingerprint density at radius 3 is 2.40 bits per heavy atom. The molecule has 0 saturated carbocycles. The van der Waals surface area contributed by atoms with Gasteiger partial charge in [0.1, 0.15) is 13.2 Å². The summed E-state index contributed by atoms with van der Waals surface area (Å²) in [5.74, 6) is 1.70. The Kier molecular flexibility index (Phi) is 4.89. The molecule has 0 fully saturated rings. The van der Waals surface area contributed by atoms with Crippen LogP contribution in [0.4, 0.5) is 0 Å². The Morgan fingerprint density at radius 2 is 1.80 bits per heavy atom. The van der Waals surface area contributed by atoms with Gasteiger partial charge < -0.3 is 15.2 Å². The van der Waals surface area contributed by atoms with E-state index in [-0.39, 0.29) is 5.54 Å². The van der Waals surface area contributed by atoms with Crippen molar-refractivity contribution >= 4 is 0 Å². The van der Waals surface area contributed by atoms with E-state index >= 15 is 0 Å². The molecule has 0 aromatic heterocycles. The second-order valence-electron chi connectivity index (χ2n) is 5.53. The molecule has 2 rings (SSSR count). The van der Waals surface area contributed by atoms with Crippen LogP contribution in [0.1, 0.15) is 26.3 Å². The molecule has 0 radical (unpaired) electrons. The number of benzene rings is 1. The van der Waals surface area contributed by atoms with Crippen LogP contribution in [0, 0.1) is 0 Å². The molecule has 0 spiro atoms. The van der Waals surface area contributed by atoms with Crippen LogP contribution in [-0.4, -0.2) is 43.3 Å². The van der Waals surface area contributed by atoms with Crippen molar-refractivity contribution in [2.24, 2.45) is 5.73 Å². The molecule has 4 heteroatoms. The molecule has 1 unspecified atom stereocenters. The Bertz CT molecular complexity index is 446. The van der Waals surface area contributed by atoms with Gasteiger partial charge in [-0.15, -0.1) is 0 Å². The number of likely N-dealkylation sites (N-methyl/N-ethyl adjacent to an activating group) is 1. The van der Waals surface area contributed by atoms with Gasteiger partial charge in [0, 0.05) is 12.1 Å². The first-order chi connectivity index (χ1) is 9.62. The highest BCUT2D eigenvalue weighted by Gasteiger charge is 2.29. The molecule has 1 aromatic rings. The second-order valence-corrected chi connectivity index (χ2v) is 5.53. The number of fused-ring (bicyclic) bond motifs is 1. The summed E-state index contributed by atoms with van der Waals surface area (Å²) in [4.78, 5) is 2.42. The maximum Gasteiger partial charge on any atom is 0.161 e. The van der Waals surface area contributed by atoms with Gasteiger partial charge in [-0.1, -0.05) is 19.9 Å². The molecule has 1 aromatic carbocycles. The highest BCUT2D eigenvalue weighted by atomic mass is 16.6. The van der Waals surface area contributed by atoms with Gasteiger partial charge in [0.05, 0.1) is 0 Å². The molecule has 20 heavy (non-hydrogen) atoms. The normalized spacial score (nSPS) is 17.1. The van der Waals surface area contributed by atoms with Crippen LogP contribution in [0.5, 0.6) is 11.5 Å². The van der Waals surface area contributed by atoms with Crippen LogP contribution in [0.15, 0.2) is 18.2 Å². The number of ether oxygens (including phenoxy) is 2. The Hall–Kier alpha value is -1.26. The summed E-state index contributed by atoms with van der Waals surface area (Å²) in [6.45, 7) is 10.5. The van der Waals surface area contributed by atoms with E-state index in [4.69, 9.17) is 15.2 Å². The molecule has 1 atom stereocenters. The summed E-state index contributed by atoms with van der Waals surface area (Å²) >= 11 is 0. The predicted molar refractivity (Wildman–Crippen MR) is 81.5 cm³/mol. The highest BCUT2D eigenvalue weighted by Crippen LogP contribution is 2.32. The lowest BCUT2D eigenvalue weighted by Gasteiger charge is -2.40. The third kappa shape index (κ3) is 3.07. The van der Waals surface area contributed by atoms with E-state index in [2.05, 4.69) is 37.8 Å². The zero-order valence-corrected chi connectivity index (χ0v) is 12.8. The van der Waals surface area contributed by atoms with E-state index in [1.165, 1.54) is 5.56 Å². The van der Waals surface area contributed by atoms with Crippen LogP contribution in [-0.2, 0) is 6.42 Å². The fraction of sp³-hybridized carbons (Fsp3) is 0.625. The van der Waals surface area contributed by atoms with Crippen LogP contribution >= 0.6 is 0 Å². The molecule has 1 aliphatic rings. The van der Waals surface area contributed by atoms with Crippen molar-refractivity contribution in [3.05, 3.63) is 23.8 Å². The molecule has 0 bridgehead atoms. The quantitative estimate of drug-likeness (QED) is 0.865. The SMILES string of the molecule is CCN(CC)C(C)(CN)Cc1ccc2c(c1)OCCO2. The average molecular weight is 278 g/mol. The third-order valence-corrected chi connectivity index (χ3v) is 4.16. The lowest BCUT2D eigenvalue weighted by atomic mass is 9.90. The molecule has 0 aliphatic carbocycles. The first-order valence-corrected chi connectivity index (χ1v) is 7.46. The molecular formula is C16H26N2O2. The minimum absolute atomic E-state index is 0.0206. The van der Waals surface area contributed by atoms with Gasteiger partial charge in [-0.05, 0) is 44.1 Å². The van der Waals surface area contributed by atoms with Gasteiger partial charge in [0.15, 0.2) is 11.5 Å². The van der Waals surface area contributed by atoms with E-state index in [1.54, 1.807) is 0 Å². The van der Waals surface area contributed by atoms with Crippen LogP contribution in [0.3, 0.4) is 0 Å². The van der Waals surface area contributed by atoms with Crippen molar-refractivity contribution in [3.8, 4) is 11.5 Å². The van der Waals surface area contributed by atoms with Crippen molar-refractivity contribution in [2.45, 2.75) is 32.7 Å². The van der Waals surface area contributed by atoms with Crippen LogP contribution < -0.4 is 15.2 Å². The van der Waals surface area contributed by atoms with Crippen LogP contribution in [0.25, 0.3) is 0 Å². The van der Waals surface area contributed by atoms with Crippen molar-refractivity contribution in [3.63, 3.8) is 0 Å². The Morgan fingerprint density at radius 1 is 1.15 bits per heavy atom. The average Bonchev–Trinajstić information content (AvgIpc) is 2.48. The molecule has 4 nitrogen and oxygen atoms in total. The smallest absolute Gasteiger partial charge is 0.161 e. The van der Waals surface area contributed by atoms with Gasteiger partial charge in [-0.25, -0.2) is 0 Å². The van der Waals surface area contributed by atoms with Crippen molar-refractivity contribution in [1.29, 1.82) is 0 Å². The summed E-state index contributed by atoms with van der Waals surface area (Å²) in [5.41, 5.74) is 7.27. The third-order valence-electron chi connectivity index (χ3n) is 4.16. The lowest BCUT2D eigenvalue weighted by Crippen LogP contribution is -2.53. The maximum atomic E-state index is 6.05. The summed E-state index contributed by atoms with van der Waals surface area (Å²) in [6.07, 6.45) is 0.918. The summed E-state index contributed by atoms with van der Waals surface area (Å²) in [7, 11) is 0. The lowest BCUT2D eigenvalue weighted by molar-refractivity contribution is 0.124. The van der Waals surface area contributed by atoms with E-state index < -0.39 is 0 Å². The van der Waals surface area contributed by atoms with Crippen LogP contribution in [0.2, 0.25) is 0 Å². The van der Waals surface area contributed by atoms with Crippen molar-refractivity contribution in [2.75, 3.05) is 32.8 Å². The number of hydrogen-bond donors (Lipinski definition) is 1. The zero-order valence-electron chi connectivity index (χ0n) is 12.8. The fourth-order valence-electron chi connectivity index (χ4n) is 2.94. The largest absolute Gasteiger partial charge is 0.486 e. The maximum absolute atomic E-state index is 6.05. The van der Waals surface area contributed by atoms with Crippen molar-refractivity contribution < 1.29 is 9.47 Å². The molecule has 112 valence electrons. The van der Waals surface area contributed by atoms with E-state index in [1.807, 2.05) is 6.07 Å². The predicted octanol–water partition coefficient (Wildman–Crippen LogP) is 2.06.